The smallest absolute Gasteiger partial charge is 0.276 e. The molecule has 114 valence electrons. The van der Waals surface area contributed by atoms with Gasteiger partial charge in [0.25, 0.3) is 5.91 Å². The first-order valence-corrected chi connectivity index (χ1v) is 7.10. The van der Waals surface area contributed by atoms with Crippen molar-refractivity contribution in [2.24, 2.45) is 0 Å². The second-order valence-corrected chi connectivity index (χ2v) is 4.83. The van der Waals surface area contributed by atoms with Crippen LogP contribution in [0.2, 0.25) is 0 Å². The molecule has 2 rings (SSSR count). The topological polar surface area (TPSA) is 50.8 Å². The van der Waals surface area contributed by atoms with E-state index in [4.69, 9.17) is 28.1 Å². The fourth-order valence-corrected chi connectivity index (χ4v) is 2.36. The van der Waals surface area contributed by atoms with Crippen LogP contribution in [0.25, 0.3) is 6.08 Å². The molecule has 0 unspecified atom stereocenters. The van der Waals surface area contributed by atoms with Crippen molar-refractivity contribution in [3.8, 4) is 23.8 Å². The summed E-state index contributed by atoms with van der Waals surface area (Å²) in [5.74, 6) is 3.36. The highest BCUT2D eigenvalue weighted by molar-refractivity contribution is 7.80. The van der Waals surface area contributed by atoms with E-state index in [1.807, 2.05) is 13.0 Å². The second kappa shape index (κ2) is 6.96. The highest BCUT2D eigenvalue weighted by Gasteiger charge is 2.28. The van der Waals surface area contributed by atoms with E-state index in [2.05, 4.69) is 11.2 Å². The summed E-state index contributed by atoms with van der Waals surface area (Å²) in [5, 5.41) is 3.33. The van der Waals surface area contributed by atoms with Crippen molar-refractivity contribution < 1.29 is 14.3 Å². The summed E-state index contributed by atoms with van der Waals surface area (Å²) in [6.07, 6.45) is 6.89. The Morgan fingerprint density at radius 1 is 1.45 bits per heavy atom. The number of carbonyl (C=O) groups excluding carboxylic acids is 1. The molecule has 0 aliphatic carbocycles. The molecule has 1 N–H and O–H groups in total. The van der Waals surface area contributed by atoms with Crippen LogP contribution in [0.1, 0.15) is 12.5 Å². The summed E-state index contributed by atoms with van der Waals surface area (Å²) in [4.78, 5) is 13.6. The van der Waals surface area contributed by atoms with Crippen molar-refractivity contribution in [1.29, 1.82) is 0 Å². The lowest BCUT2D eigenvalue weighted by molar-refractivity contribution is -0.122. The minimum atomic E-state index is -0.140. The average molecular weight is 316 g/mol. The number of hydrogen-bond donors (Lipinski definition) is 1. The van der Waals surface area contributed by atoms with E-state index < -0.39 is 0 Å². The van der Waals surface area contributed by atoms with E-state index in [1.54, 1.807) is 25.3 Å². The van der Waals surface area contributed by atoms with Gasteiger partial charge in [-0.05, 0) is 42.9 Å². The zero-order valence-electron chi connectivity index (χ0n) is 12.4. The average Bonchev–Trinajstić information content (AvgIpc) is 2.79. The predicted molar refractivity (Wildman–Crippen MR) is 88.4 cm³/mol. The molecule has 1 saturated heterocycles. The molecule has 6 heteroatoms. The number of likely N-dealkylation sites (N-methyl/N-ethyl adjacent to an activating group) is 1. The third kappa shape index (κ3) is 3.21. The quantitative estimate of drug-likeness (QED) is 0.510. The molecule has 1 aliphatic heterocycles. The van der Waals surface area contributed by atoms with Crippen molar-refractivity contribution in [3.63, 3.8) is 0 Å². The molecule has 5 nitrogen and oxygen atoms in total. The highest BCUT2D eigenvalue weighted by Crippen LogP contribution is 2.29. The monoisotopic (exact) mass is 316 g/mol. The van der Waals surface area contributed by atoms with Gasteiger partial charge in [0.2, 0.25) is 0 Å². The first-order chi connectivity index (χ1) is 10.6. The molecule has 1 aliphatic rings. The summed E-state index contributed by atoms with van der Waals surface area (Å²) in [6.45, 7) is 2.57. The van der Waals surface area contributed by atoms with Crippen LogP contribution in [0.15, 0.2) is 23.9 Å². The molecule has 1 amide bonds. The van der Waals surface area contributed by atoms with E-state index in [-0.39, 0.29) is 12.5 Å². The van der Waals surface area contributed by atoms with Crippen molar-refractivity contribution in [3.05, 3.63) is 29.5 Å². The number of amides is 1. The SMILES string of the molecule is C#CCOc1ccc(/C=C2\NC(=S)N(CC)C2=O)cc1OC. The van der Waals surface area contributed by atoms with E-state index in [1.165, 1.54) is 4.90 Å². The molecule has 0 bridgehead atoms. The number of thiocarbonyl (C=S) groups is 1. The van der Waals surface area contributed by atoms with Gasteiger partial charge in [-0.2, -0.15) is 0 Å². The summed E-state index contributed by atoms with van der Waals surface area (Å²) in [6, 6.07) is 5.33. The fourth-order valence-electron chi connectivity index (χ4n) is 2.04. The molecule has 0 atom stereocenters. The standard InChI is InChI=1S/C16H16N2O3S/c1-4-8-21-13-7-6-11(10-14(13)20-3)9-12-15(19)18(5-2)16(22)17-12/h1,6-7,9-10H,5,8H2,2-3H3,(H,17,22)/b12-9-. The van der Waals surface area contributed by atoms with Crippen LogP contribution in [0.5, 0.6) is 11.5 Å². The van der Waals surface area contributed by atoms with Crippen LogP contribution in [0.4, 0.5) is 0 Å². The Hall–Kier alpha value is -2.52. The van der Waals surface area contributed by atoms with Gasteiger partial charge in [0.15, 0.2) is 16.6 Å². The molecule has 1 fully saturated rings. The highest BCUT2D eigenvalue weighted by atomic mass is 32.1. The molecular formula is C16H16N2O3S. The molecular weight excluding hydrogens is 300 g/mol. The summed E-state index contributed by atoms with van der Waals surface area (Å²) in [5.41, 5.74) is 1.23. The molecule has 0 radical (unpaired) electrons. The Kier molecular flexibility index (Phi) is 5.02. The van der Waals surface area contributed by atoms with Gasteiger partial charge in [-0.1, -0.05) is 12.0 Å². The Balaban J connectivity index is 2.27. The van der Waals surface area contributed by atoms with Gasteiger partial charge in [-0.15, -0.1) is 6.42 Å². The van der Waals surface area contributed by atoms with Crippen LogP contribution in [-0.2, 0) is 4.79 Å². The first-order valence-electron chi connectivity index (χ1n) is 6.69. The van der Waals surface area contributed by atoms with E-state index in [0.29, 0.717) is 28.9 Å². The number of rotatable bonds is 5. The Morgan fingerprint density at radius 3 is 2.82 bits per heavy atom. The van der Waals surface area contributed by atoms with Gasteiger partial charge >= 0.3 is 0 Å². The number of nitrogens with zero attached hydrogens (tertiary/aromatic N) is 1. The van der Waals surface area contributed by atoms with E-state index in [0.717, 1.165) is 5.56 Å². The third-order valence-corrected chi connectivity index (χ3v) is 3.41. The lowest BCUT2D eigenvalue weighted by Crippen LogP contribution is -2.30. The number of benzene rings is 1. The number of nitrogens with one attached hydrogen (secondary N) is 1. The van der Waals surface area contributed by atoms with Gasteiger partial charge in [0, 0.05) is 6.54 Å². The number of terminal acetylenes is 1. The van der Waals surface area contributed by atoms with Crippen LogP contribution in [0.3, 0.4) is 0 Å². The van der Waals surface area contributed by atoms with Crippen LogP contribution >= 0.6 is 12.2 Å². The van der Waals surface area contributed by atoms with Gasteiger partial charge in [0.05, 0.1) is 7.11 Å². The second-order valence-electron chi connectivity index (χ2n) is 4.44. The summed E-state index contributed by atoms with van der Waals surface area (Å²) in [7, 11) is 1.54. The number of hydrogen-bond acceptors (Lipinski definition) is 4. The normalized spacial score (nSPS) is 15.7. The maximum absolute atomic E-state index is 12.1. The summed E-state index contributed by atoms with van der Waals surface area (Å²) >= 11 is 5.12. The molecule has 0 saturated carbocycles. The van der Waals surface area contributed by atoms with Crippen molar-refractivity contribution in [2.45, 2.75) is 6.92 Å². The molecule has 0 aromatic heterocycles. The molecule has 1 aromatic carbocycles. The third-order valence-electron chi connectivity index (χ3n) is 3.09. The van der Waals surface area contributed by atoms with Gasteiger partial charge < -0.3 is 14.8 Å². The Morgan fingerprint density at radius 2 is 2.23 bits per heavy atom. The van der Waals surface area contributed by atoms with Gasteiger partial charge in [-0.25, -0.2) is 0 Å². The van der Waals surface area contributed by atoms with E-state index >= 15 is 0 Å². The van der Waals surface area contributed by atoms with Crippen molar-refractivity contribution in [2.75, 3.05) is 20.3 Å². The molecule has 22 heavy (non-hydrogen) atoms. The lowest BCUT2D eigenvalue weighted by atomic mass is 10.1. The zero-order chi connectivity index (χ0) is 16.1. The van der Waals surface area contributed by atoms with Crippen LogP contribution in [0, 0.1) is 12.3 Å². The largest absolute Gasteiger partial charge is 0.493 e. The fraction of sp³-hybridized carbons (Fsp3) is 0.250. The van der Waals surface area contributed by atoms with E-state index in [9.17, 15) is 4.79 Å². The molecule has 1 heterocycles. The number of methoxy groups -OCH3 is 1. The van der Waals surface area contributed by atoms with Gasteiger partial charge in [0.1, 0.15) is 12.3 Å². The van der Waals surface area contributed by atoms with Crippen LogP contribution in [-0.4, -0.2) is 36.2 Å². The maximum Gasteiger partial charge on any atom is 0.276 e. The zero-order valence-corrected chi connectivity index (χ0v) is 13.2. The molecule has 1 aromatic rings. The minimum absolute atomic E-state index is 0.140. The lowest BCUT2D eigenvalue weighted by Gasteiger charge is -2.09. The minimum Gasteiger partial charge on any atom is -0.493 e. The Bertz CT molecular complexity index is 676. The molecule has 0 spiro atoms. The van der Waals surface area contributed by atoms with Crippen molar-refractivity contribution in [1.82, 2.24) is 10.2 Å². The van der Waals surface area contributed by atoms with Crippen LogP contribution < -0.4 is 14.8 Å². The predicted octanol–water partition coefficient (Wildman–Crippen LogP) is 1.78. The number of ether oxygens (including phenoxy) is 2. The van der Waals surface area contributed by atoms with Gasteiger partial charge in [-0.3, -0.25) is 9.69 Å². The summed E-state index contributed by atoms with van der Waals surface area (Å²) < 4.78 is 10.7. The number of carbonyl (C=O) groups is 1. The Labute approximate surface area is 134 Å². The van der Waals surface area contributed by atoms with Crippen molar-refractivity contribution >= 4 is 29.3 Å². The first kappa shape index (κ1) is 15.9. The maximum atomic E-state index is 12.1.